The third kappa shape index (κ3) is 4.94. The number of halogens is 2. The molecule has 8 heteroatoms. The zero-order chi connectivity index (χ0) is 20.9. The number of likely N-dealkylation sites (tertiary alicyclic amines) is 1. The van der Waals surface area contributed by atoms with E-state index < -0.39 is 0 Å². The van der Waals surface area contributed by atoms with E-state index in [9.17, 15) is 4.79 Å². The minimum Gasteiger partial charge on any atom is -0.482 e. The Balaban J connectivity index is 1.31. The highest BCUT2D eigenvalue weighted by molar-refractivity contribution is 6.35. The number of hydrogen-bond acceptors (Lipinski definition) is 4. The van der Waals surface area contributed by atoms with E-state index in [0.717, 1.165) is 24.4 Å². The van der Waals surface area contributed by atoms with E-state index >= 15 is 0 Å². The lowest BCUT2D eigenvalue weighted by molar-refractivity contribution is -0.134. The molecule has 3 aromatic rings. The van der Waals surface area contributed by atoms with Crippen molar-refractivity contribution >= 4 is 29.1 Å². The maximum absolute atomic E-state index is 12.6. The summed E-state index contributed by atoms with van der Waals surface area (Å²) >= 11 is 12.0. The SMILES string of the molecule is O=C(COc1ccc(Cl)cc1Cl)N1CCC(c2nccn2Cc2ccccn2)CC1. The molecule has 0 saturated carbocycles. The monoisotopic (exact) mass is 444 g/mol. The number of piperidine rings is 1. The average molecular weight is 445 g/mol. The molecule has 1 aromatic carbocycles. The number of benzene rings is 1. The number of ether oxygens (including phenoxy) is 1. The second kappa shape index (κ2) is 9.49. The maximum Gasteiger partial charge on any atom is 0.260 e. The summed E-state index contributed by atoms with van der Waals surface area (Å²) in [7, 11) is 0. The van der Waals surface area contributed by atoms with Gasteiger partial charge in [-0.15, -0.1) is 0 Å². The topological polar surface area (TPSA) is 60.2 Å². The molecule has 1 aliphatic heterocycles. The van der Waals surface area contributed by atoms with Crippen LogP contribution in [0.4, 0.5) is 0 Å². The van der Waals surface area contributed by atoms with E-state index in [1.54, 1.807) is 24.4 Å². The third-order valence-electron chi connectivity index (χ3n) is 5.26. The zero-order valence-corrected chi connectivity index (χ0v) is 17.9. The lowest BCUT2D eigenvalue weighted by Gasteiger charge is -2.32. The van der Waals surface area contributed by atoms with E-state index in [1.807, 2.05) is 35.5 Å². The normalized spacial score (nSPS) is 14.7. The molecule has 1 aliphatic rings. The van der Waals surface area contributed by atoms with Crippen LogP contribution in [0.15, 0.2) is 55.0 Å². The van der Waals surface area contributed by atoms with Gasteiger partial charge in [0, 0.05) is 42.6 Å². The zero-order valence-electron chi connectivity index (χ0n) is 16.4. The van der Waals surface area contributed by atoms with Gasteiger partial charge in [-0.05, 0) is 43.2 Å². The minimum absolute atomic E-state index is 0.0413. The number of nitrogens with zero attached hydrogens (tertiary/aromatic N) is 4. The molecular weight excluding hydrogens is 423 g/mol. The van der Waals surface area contributed by atoms with Gasteiger partial charge in [-0.25, -0.2) is 4.98 Å². The van der Waals surface area contributed by atoms with Crippen molar-refractivity contribution in [2.45, 2.75) is 25.3 Å². The van der Waals surface area contributed by atoms with Gasteiger partial charge >= 0.3 is 0 Å². The average Bonchev–Trinajstić information content (AvgIpc) is 3.22. The van der Waals surface area contributed by atoms with Crippen LogP contribution in [0.2, 0.25) is 10.0 Å². The Kier molecular flexibility index (Phi) is 6.55. The summed E-state index contributed by atoms with van der Waals surface area (Å²) < 4.78 is 7.74. The van der Waals surface area contributed by atoms with Gasteiger partial charge in [-0.1, -0.05) is 29.3 Å². The van der Waals surface area contributed by atoms with Crippen molar-refractivity contribution in [1.82, 2.24) is 19.4 Å². The highest BCUT2D eigenvalue weighted by Crippen LogP contribution is 2.29. The summed E-state index contributed by atoms with van der Waals surface area (Å²) in [6.45, 7) is 2.01. The Bertz CT molecular complexity index is 1000. The molecular formula is C22H22Cl2N4O2. The van der Waals surface area contributed by atoms with Gasteiger partial charge in [0.25, 0.3) is 5.91 Å². The number of imidazole rings is 1. The van der Waals surface area contributed by atoms with Gasteiger partial charge in [-0.2, -0.15) is 0 Å². The van der Waals surface area contributed by atoms with E-state index in [4.69, 9.17) is 27.9 Å². The number of carbonyl (C=O) groups excluding carboxylic acids is 1. The van der Waals surface area contributed by atoms with Crippen LogP contribution in [0.25, 0.3) is 0 Å². The number of aromatic nitrogens is 3. The van der Waals surface area contributed by atoms with Crippen LogP contribution < -0.4 is 4.74 Å². The maximum atomic E-state index is 12.6. The predicted molar refractivity (Wildman–Crippen MR) is 116 cm³/mol. The summed E-state index contributed by atoms with van der Waals surface area (Å²) in [6.07, 6.45) is 7.36. The van der Waals surface area contributed by atoms with Crippen molar-refractivity contribution in [3.05, 3.63) is 76.6 Å². The summed E-state index contributed by atoms with van der Waals surface area (Å²) in [6, 6.07) is 10.9. The van der Waals surface area contributed by atoms with E-state index in [1.165, 1.54) is 0 Å². The second-order valence-electron chi connectivity index (χ2n) is 7.25. The molecule has 1 saturated heterocycles. The lowest BCUT2D eigenvalue weighted by Crippen LogP contribution is -2.40. The predicted octanol–water partition coefficient (Wildman–Crippen LogP) is 4.42. The highest BCUT2D eigenvalue weighted by atomic mass is 35.5. The van der Waals surface area contributed by atoms with Crippen LogP contribution in [-0.2, 0) is 11.3 Å². The van der Waals surface area contributed by atoms with E-state index in [2.05, 4.69) is 14.5 Å². The standard InChI is InChI=1S/C22H22Cl2N4O2/c23-17-4-5-20(19(24)13-17)30-15-21(29)27-10-6-16(7-11-27)22-26-9-12-28(22)14-18-3-1-2-8-25-18/h1-5,8-9,12-13,16H,6-7,10-11,14-15H2. The summed E-state index contributed by atoms with van der Waals surface area (Å²) in [4.78, 5) is 23.4. The van der Waals surface area contributed by atoms with Crippen molar-refractivity contribution in [3.8, 4) is 5.75 Å². The Hall–Kier alpha value is -2.57. The van der Waals surface area contributed by atoms with Crippen molar-refractivity contribution in [2.24, 2.45) is 0 Å². The van der Waals surface area contributed by atoms with Crippen LogP contribution in [0.1, 0.15) is 30.3 Å². The molecule has 1 amide bonds. The molecule has 0 N–H and O–H groups in total. The highest BCUT2D eigenvalue weighted by Gasteiger charge is 2.26. The summed E-state index contributed by atoms with van der Waals surface area (Å²) in [5, 5.41) is 0.927. The minimum atomic E-state index is -0.0451. The van der Waals surface area contributed by atoms with Crippen LogP contribution in [0.5, 0.6) is 5.75 Å². The Morgan fingerprint density at radius 2 is 1.93 bits per heavy atom. The fraction of sp³-hybridized carbons (Fsp3) is 0.318. The second-order valence-corrected chi connectivity index (χ2v) is 8.10. The largest absolute Gasteiger partial charge is 0.482 e. The van der Waals surface area contributed by atoms with Crippen molar-refractivity contribution in [1.29, 1.82) is 0 Å². The van der Waals surface area contributed by atoms with Crippen molar-refractivity contribution < 1.29 is 9.53 Å². The summed E-state index contributed by atoms with van der Waals surface area (Å²) in [5.41, 5.74) is 1.00. The molecule has 30 heavy (non-hydrogen) atoms. The first-order valence-corrected chi connectivity index (χ1v) is 10.6. The first-order valence-electron chi connectivity index (χ1n) is 9.86. The molecule has 0 unspecified atom stereocenters. The van der Waals surface area contributed by atoms with Crippen LogP contribution in [0.3, 0.4) is 0 Å². The molecule has 6 nitrogen and oxygen atoms in total. The molecule has 0 atom stereocenters. The van der Waals surface area contributed by atoms with E-state index in [-0.39, 0.29) is 12.5 Å². The fourth-order valence-electron chi connectivity index (χ4n) is 3.69. The quantitative estimate of drug-likeness (QED) is 0.564. The third-order valence-corrected chi connectivity index (χ3v) is 5.79. The van der Waals surface area contributed by atoms with Gasteiger partial charge in [0.05, 0.1) is 17.3 Å². The van der Waals surface area contributed by atoms with Crippen LogP contribution in [0, 0.1) is 0 Å². The first-order chi connectivity index (χ1) is 14.6. The van der Waals surface area contributed by atoms with Gasteiger partial charge in [0.2, 0.25) is 0 Å². The molecule has 0 spiro atoms. The lowest BCUT2D eigenvalue weighted by atomic mass is 9.96. The molecule has 0 radical (unpaired) electrons. The number of carbonyl (C=O) groups is 1. The Morgan fingerprint density at radius 3 is 2.67 bits per heavy atom. The number of pyridine rings is 1. The smallest absolute Gasteiger partial charge is 0.260 e. The molecule has 156 valence electrons. The van der Waals surface area contributed by atoms with Crippen LogP contribution in [-0.4, -0.2) is 45.0 Å². The van der Waals surface area contributed by atoms with Crippen LogP contribution >= 0.6 is 23.2 Å². The fourth-order valence-corrected chi connectivity index (χ4v) is 4.15. The number of amides is 1. The Morgan fingerprint density at radius 1 is 1.10 bits per heavy atom. The molecule has 1 fully saturated rings. The van der Waals surface area contributed by atoms with Gasteiger partial charge in [0.15, 0.2) is 6.61 Å². The molecule has 2 aromatic heterocycles. The Labute approximate surface area is 185 Å². The number of hydrogen-bond donors (Lipinski definition) is 0. The van der Waals surface area contributed by atoms with Gasteiger partial charge < -0.3 is 14.2 Å². The molecule has 0 bridgehead atoms. The molecule has 0 aliphatic carbocycles. The van der Waals surface area contributed by atoms with Gasteiger partial charge in [0.1, 0.15) is 11.6 Å². The molecule has 4 rings (SSSR count). The van der Waals surface area contributed by atoms with Gasteiger partial charge in [-0.3, -0.25) is 9.78 Å². The van der Waals surface area contributed by atoms with E-state index in [0.29, 0.717) is 41.3 Å². The number of rotatable bonds is 6. The van der Waals surface area contributed by atoms with Crippen molar-refractivity contribution in [3.63, 3.8) is 0 Å². The van der Waals surface area contributed by atoms with Crippen molar-refractivity contribution in [2.75, 3.05) is 19.7 Å². The summed E-state index contributed by atoms with van der Waals surface area (Å²) in [5.74, 6) is 1.79. The molecule has 3 heterocycles. The first kappa shape index (κ1) is 20.7.